The van der Waals surface area contributed by atoms with Crippen LogP contribution in [0.5, 0.6) is 0 Å². The Morgan fingerprint density at radius 1 is 0.960 bits per heavy atom. The van der Waals surface area contributed by atoms with Crippen molar-refractivity contribution in [2.75, 3.05) is 0 Å². The Morgan fingerprint density at radius 2 is 1.52 bits per heavy atom. The van der Waals surface area contributed by atoms with Gasteiger partial charge in [0.25, 0.3) is 0 Å². The van der Waals surface area contributed by atoms with Crippen molar-refractivity contribution >= 4 is 18.1 Å². The molecule has 25 heavy (non-hydrogen) atoms. The lowest BCUT2D eigenvalue weighted by Crippen LogP contribution is -2.17. The van der Waals surface area contributed by atoms with Gasteiger partial charge in [0.15, 0.2) is 0 Å². The first-order valence-corrected chi connectivity index (χ1v) is 8.77. The fourth-order valence-corrected chi connectivity index (χ4v) is 4.24. The number of carboxylic acids is 1. The standard InChI is InChI=1S/C23H26O2/c1-15-12-19-20(23(4,5)14-22(19,2)3)13-18(15)11-8-16-6-9-17(10-7-16)21(24)25/h6-13H,14H2,1-5H3,(H,24,25)/b11-8+. The first-order valence-electron chi connectivity index (χ1n) is 8.77. The Morgan fingerprint density at radius 3 is 2.08 bits per heavy atom. The van der Waals surface area contributed by atoms with Gasteiger partial charge in [0, 0.05) is 0 Å². The fourth-order valence-electron chi connectivity index (χ4n) is 4.24. The van der Waals surface area contributed by atoms with Crippen LogP contribution in [0.2, 0.25) is 0 Å². The summed E-state index contributed by atoms with van der Waals surface area (Å²) in [4.78, 5) is 10.9. The molecule has 0 amide bonds. The molecule has 3 rings (SSSR count). The summed E-state index contributed by atoms with van der Waals surface area (Å²) < 4.78 is 0. The number of fused-ring (bicyclic) bond motifs is 1. The highest BCUT2D eigenvalue weighted by atomic mass is 16.4. The summed E-state index contributed by atoms with van der Waals surface area (Å²) in [6, 6.07) is 11.6. The molecule has 0 heterocycles. The van der Waals surface area contributed by atoms with E-state index in [1.54, 1.807) is 12.1 Å². The molecule has 0 unspecified atom stereocenters. The lowest BCUT2D eigenvalue weighted by molar-refractivity contribution is 0.0697. The van der Waals surface area contributed by atoms with Crippen LogP contribution >= 0.6 is 0 Å². The number of aromatic carboxylic acids is 1. The number of hydrogen-bond donors (Lipinski definition) is 1. The first kappa shape index (κ1) is 17.5. The molecule has 1 aliphatic carbocycles. The maximum Gasteiger partial charge on any atom is 0.335 e. The second-order valence-electron chi connectivity index (χ2n) is 8.46. The third kappa shape index (κ3) is 3.26. The van der Waals surface area contributed by atoms with E-state index in [0.717, 1.165) is 5.56 Å². The van der Waals surface area contributed by atoms with Crippen LogP contribution in [0.25, 0.3) is 12.2 Å². The minimum atomic E-state index is -0.894. The van der Waals surface area contributed by atoms with Crippen molar-refractivity contribution in [2.45, 2.75) is 51.9 Å². The zero-order valence-corrected chi connectivity index (χ0v) is 15.7. The number of hydrogen-bond acceptors (Lipinski definition) is 1. The van der Waals surface area contributed by atoms with Crippen LogP contribution in [0, 0.1) is 6.92 Å². The summed E-state index contributed by atoms with van der Waals surface area (Å²) in [7, 11) is 0. The summed E-state index contributed by atoms with van der Waals surface area (Å²) in [5.41, 5.74) is 7.16. The smallest absolute Gasteiger partial charge is 0.335 e. The van der Waals surface area contributed by atoms with Crippen molar-refractivity contribution in [3.63, 3.8) is 0 Å². The van der Waals surface area contributed by atoms with E-state index in [-0.39, 0.29) is 10.8 Å². The van der Waals surface area contributed by atoms with Gasteiger partial charge in [-0.3, -0.25) is 0 Å². The molecular weight excluding hydrogens is 308 g/mol. The SMILES string of the molecule is Cc1cc2c(cc1/C=C/c1ccc(C(=O)O)cc1)C(C)(C)CC2(C)C. The van der Waals surface area contributed by atoms with Gasteiger partial charge in [-0.2, -0.15) is 0 Å². The molecule has 2 aromatic rings. The van der Waals surface area contributed by atoms with E-state index in [9.17, 15) is 4.79 Å². The second kappa shape index (κ2) is 5.87. The molecule has 0 spiro atoms. The molecule has 1 aliphatic rings. The maximum atomic E-state index is 10.9. The van der Waals surface area contributed by atoms with Gasteiger partial charge in [-0.15, -0.1) is 0 Å². The zero-order valence-electron chi connectivity index (χ0n) is 15.7. The molecule has 2 nitrogen and oxygen atoms in total. The van der Waals surface area contributed by atoms with Gasteiger partial charge in [0.05, 0.1) is 5.56 Å². The van der Waals surface area contributed by atoms with Crippen molar-refractivity contribution in [3.8, 4) is 0 Å². The number of carboxylic acid groups (broad SMARTS) is 1. The Hall–Kier alpha value is -2.35. The minimum absolute atomic E-state index is 0.193. The van der Waals surface area contributed by atoms with Gasteiger partial charge < -0.3 is 5.11 Å². The van der Waals surface area contributed by atoms with Crippen molar-refractivity contribution in [1.82, 2.24) is 0 Å². The molecule has 0 aliphatic heterocycles. The van der Waals surface area contributed by atoms with Crippen LogP contribution in [0.3, 0.4) is 0 Å². The summed E-state index contributed by atoms with van der Waals surface area (Å²) in [5.74, 6) is -0.894. The van der Waals surface area contributed by atoms with E-state index in [2.05, 4.69) is 52.8 Å². The van der Waals surface area contributed by atoms with Crippen LogP contribution < -0.4 is 0 Å². The van der Waals surface area contributed by atoms with Gasteiger partial charge in [-0.05, 0) is 64.1 Å². The Labute approximate surface area is 150 Å². The van der Waals surface area contributed by atoms with E-state index in [4.69, 9.17) is 5.11 Å². The average Bonchev–Trinajstić information content (AvgIpc) is 2.70. The molecule has 0 bridgehead atoms. The van der Waals surface area contributed by atoms with Crippen LogP contribution in [0.4, 0.5) is 0 Å². The predicted octanol–water partition coefficient (Wildman–Crippen LogP) is 5.82. The second-order valence-corrected chi connectivity index (χ2v) is 8.46. The molecule has 2 aromatic carbocycles. The lowest BCUT2D eigenvalue weighted by atomic mass is 9.82. The van der Waals surface area contributed by atoms with Gasteiger partial charge in [-0.25, -0.2) is 4.79 Å². The molecule has 0 aromatic heterocycles. The topological polar surface area (TPSA) is 37.3 Å². The van der Waals surface area contributed by atoms with Gasteiger partial charge in [-0.1, -0.05) is 64.1 Å². The highest BCUT2D eigenvalue weighted by molar-refractivity contribution is 5.88. The van der Waals surface area contributed by atoms with Gasteiger partial charge >= 0.3 is 5.97 Å². The Bertz CT molecular complexity index is 852. The Balaban J connectivity index is 1.95. The number of aryl methyl sites for hydroxylation is 1. The maximum absolute atomic E-state index is 10.9. The minimum Gasteiger partial charge on any atom is -0.478 e. The lowest BCUT2D eigenvalue weighted by Gasteiger charge is -2.22. The van der Waals surface area contributed by atoms with E-state index in [1.807, 2.05) is 18.2 Å². The molecule has 0 saturated heterocycles. The van der Waals surface area contributed by atoms with Crippen molar-refractivity contribution in [3.05, 3.63) is 69.8 Å². The molecule has 0 atom stereocenters. The molecule has 2 heteroatoms. The average molecular weight is 334 g/mol. The van der Waals surface area contributed by atoms with E-state index < -0.39 is 5.97 Å². The summed E-state index contributed by atoms with van der Waals surface area (Å²) in [6.45, 7) is 11.5. The van der Waals surface area contributed by atoms with Gasteiger partial charge in [0.1, 0.15) is 0 Å². The van der Waals surface area contributed by atoms with E-state index in [1.165, 1.54) is 28.7 Å². The quantitative estimate of drug-likeness (QED) is 0.718. The third-order valence-corrected chi connectivity index (χ3v) is 5.36. The van der Waals surface area contributed by atoms with Crippen molar-refractivity contribution in [2.24, 2.45) is 0 Å². The summed E-state index contributed by atoms with van der Waals surface area (Å²) in [6.07, 6.45) is 5.35. The molecule has 0 saturated carbocycles. The molecule has 0 radical (unpaired) electrons. The monoisotopic (exact) mass is 334 g/mol. The predicted molar refractivity (Wildman–Crippen MR) is 104 cm³/mol. The van der Waals surface area contributed by atoms with E-state index >= 15 is 0 Å². The molecular formula is C23H26O2. The Kier molecular flexibility index (Phi) is 4.10. The number of rotatable bonds is 3. The summed E-state index contributed by atoms with van der Waals surface area (Å²) in [5, 5.41) is 8.98. The normalized spacial score (nSPS) is 17.6. The summed E-state index contributed by atoms with van der Waals surface area (Å²) >= 11 is 0. The zero-order chi connectivity index (χ0) is 18.4. The highest BCUT2D eigenvalue weighted by Crippen LogP contribution is 2.50. The van der Waals surface area contributed by atoms with Crippen molar-refractivity contribution in [1.29, 1.82) is 0 Å². The molecule has 0 fully saturated rings. The third-order valence-electron chi connectivity index (χ3n) is 5.36. The largest absolute Gasteiger partial charge is 0.478 e. The van der Waals surface area contributed by atoms with Crippen molar-refractivity contribution < 1.29 is 9.90 Å². The fraction of sp³-hybridized carbons (Fsp3) is 0.348. The van der Waals surface area contributed by atoms with Crippen LogP contribution in [-0.2, 0) is 10.8 Å². The van der Waals surface area contributed by atoms with Gasteiger partial charge in [0.2, 0.25) is 0 Å². The molecule has 1 N–H and O–H groups in total. The number of carbonyl (C=O) groups is 1. The van der Waals surface area contributed by atoms with Crippen LogP contribution in [-0.4, -0.2) is 11.1 Å². The first-order chi connectivity index (χ1) is 11.6. The number of benzene rings is 2. The highest BCUT2D eigenvalue weighted by Gasteiger charge is 2.41. The van der Waals surface area contributed by atoms with Crippen LogP contribution in [0.15, 0.2) is 36.4 Å². The molecule has 130 valence electrons. The van der Waals surface area contributed by atoms with Crippen LogP contribution in [0.1, 0.15) is 72.3 Å². The van der Waals surface area contributed by atoms with E-state index in [0.29, 0.717) is 5.56 Å².